The molecule has 25 heavy (non-hydrogen) atoms. The Labute approximate surface area is 151 Å². The molecule has 0 aliphatic rings. The van der Waals surface area contributed by atoms with E-state index < -0.39 is 0 Å². The van der Waals surface area contributed by atoms with Gasteiger partial charge in [0.1, 0.15) is 0 Å². The standard InChI is InChI=1S/C18H23N3O3S/c1-13-15(17(24)20-18(19-13)25-2)8-9-16(23)21(10-11-22)12-14-6-4-3-5-7-14/h3-7,22H,8-12H2,1-2H3,(H,19,20,24). The molecule has 0 atom stereocenters. The summed E-state index contributed by atoms with van der Waals surface area (Å²) in [6.45, 7) is 2.40. The van der Waals surface area contributed by atoms with Gasteiger partial charge in [-0.1, -0.05) is 42.1 Å². The molecule has 0 bridgehead atoms. The summed E-state index contributed by atoms with van der Waals surface area (Å²) in [4.78, 5) is 33.3. The minimum absolute atomic E-state index is 0.0920. The first-order valence-corrected chi connectivity index (χ1v) is 9.34. The Morgan fingerprint density at radius 2 is 2.04 bits per heavy atom. The number of benzene rings is 1. The summed E-state index contributed by atoms with van der Waals surface area (Å²) in [7, 11) is 0. The van der Waals surface area contributed by atoms with Crippen molar-refractivity contribution in [1.82, 2.24) is 14.9 Å². The SMILES string of the molecule is CSc1nc(C)c(CCC(=O)N(CCO)Cc2ccccc2)c(=O)[nH]1. The van der Waals surface area contributed by atoms with Gasteiger partial charge in [0.2, 0.25) is 5.91 Å². The number of aromatic nitrogens is 2. The maximum Gasteiger partial charge on any atom is 0.254 e. The van der Waals surface area contributed by atoms with E-state index >= 15 is 0 Å². The van der Waals surface area contributed by atoms with Crippen molar-refractivity contribution in [1.29, 1.82) is 0 Å². The van der Waals surface area contributed by atoms with E-state index in [1.54, 1.807) is 11.8 Å². The van der Waals surface area contributed by atoms with Crippen molar-refractivity contribution in [2.45, 2.75) is 31.5 Å². The summed E-state index contributed by atoms with van der Waals surface area (Å²) in [5, 5.41) is 9.81. The number of amides is 1. The largest absolute Gasteiger partial charge is 0.395 e. The van der Waals surface area contributed by atoms with Crippen LogP contribution < -0.4 is 5.56 Å². The van der Waals surface area contributed by atoms with E-state index in [9.17, 15) is 14.7 Å². The molecule has 0 radical (unpaired) electrons. The smallest absolute Gasteiger partial charge is 0.254 e. The van der Waals surface area contributed by atoms with Gasteiger partial charge in [-0.2, -0.15) is 0 Å². The minimum Gasteiger partial charge on any atom is -0.395 e. The van der Waals surface area contributed by atoms with E-state index in [2.05, 4.69) is 9.97 Å². The molecule has 2 rings (SSSR count). The number of aryl methyl sites for hydroxylation is 1. The molecule has 0 spiro atoms. The van der Waals surface area contributed by atoms with Crippen LogP contribution >= 0.6 is 11.8 Å². The Morgan fingerprint density at radius 3 is 2.64 bits per heavy atom. The number of carbonyl (C=O) groups excluding carboxylic acids is 1. The van der Waals surface area contributed by atoms with E-state index in [-0.39, 0.29) is 31.0 Å². The van der Waals surface area contributed by atoms with Crippen molar-refractivity contribution in [2.75, 3.05) is 19.4 Å². The summed E-state index contributed by atoms with van der Waals surface area (Å²) < 4.78 is 0. The molecule has 1 aromatic carbocycles. The Kier molecular flexibility index (Phi) is 7.21. The van der Waals surface area contributed by atoms with Crippen LogP contribution in [0.4, 0.5) is 0 Å². The zero-order valence-electron chi connectivity index (χ0n) is 14.5. The molecule has 1 amide bonds. The molecular formula is C18H23N3O3S. The summed E-state index contributed by atoms with van der Waals surface area (Å²) >= 11 is 1.37. The van der Waals surface area contributed by atoms with Gasteiger partial charge in [-0.3, -0.25) is 9.59 Å². The summed E-state index contributed by atoms with van der Waals surface area (Å²) in [6, 6.07) is 9.63. The number of aliphatic hydroxyl groups is 1. The molecule has 0 aliphatic heterocycles. The first-order valence-electron chi connectivity index (χ1n) is 8.11. The van der Waals surface area contributed by atoms with Crippen LogP contribution in [0.5, 0.6) is 0 Å². The first kappa shape index (κ1) is 19.2. The van der Waals surface area contributed by atoms with Crippen LogP contribution in [0, 0.1) is 6.92 Å². The van der Waals surface area contributed by atoms with Crippen LogP contribution in [0.15, 0.2) is 40.3 Å². The molecule has 134 valence electrons. The number of H-pyrrole nitrogens is 1. The highest BCUT2D eigenvalue weighted by molar-refractivity contribution is 7.98. The average molecular weight is 361 g/mol. The van der Waals surface area contributed by atoms with Crippen molar-refractivity contribution in [3.8, 4) is 0 Å². The Balaban J connectivity index is 2.05. The van der Waals surface area contributed by atoms with Crippen LogP contribution in [0.1, 0.15) is 23.2 Å². The third kappa shape index (κ3) is 5.44. The van der Waals surface area contributed by atoms with Crippen molar-refractivity contribution >= 4 is 17.7 Å². The molecule has 2 aromatic rings. The Bertz CT molecular complexity index is 762. The molecule has 1 aromatic heterocycles. The molecule has 0 aliphatic carbocycles. The number of nitrogens with one attached hydrogen (secondary N) is 1. The lowest BCUT2D eigenvalue weighted by Gasteiger charge is -2.22. The maximum absolute atomic E-state index is 12.5. The van der Waals surface area contributed by atoms with Crippen LogP contribution in [-0.4, -0.2) is 45.3 Å². The lowest BCUT2D eigenvalue weighted by Crippen LogP contribution is -2.33. The highest BCUT2D eigenvalue weighted by atomic mass is 32.2. The lowest BCUT2D eigenvalue weighted by molar-refractivity contribution is -0.132. The molecule has 0 saturated heterocycles. The third-order valence-corrected chi connectivity index (χ3v) is 4.50. The van der Waals surface area contributed by atoms with E-state index in [0.29, 0.717) is 29.4 Å². The van der Waals surface area contributed by atoms with Gasteiger partial charge < -0.3 is 15.0 Å². The zero-order valence-corrected chi connectivity index (χ0v) is 15.3. The molecule has 7 heteroatoms. The van der Waals surface area contributed by atoms with Gasteiger partial charge in [-0.25, -0.2) is 4.98 Å². The minimum atomic E-state index is -0.193. The van der Waals surface area contributed by atoms with Gasteiger partial charge in [-0.05, 0) is 25.2 Å². The van der Waals surface area contributed by atoms with Gasteiger partial charge in [-0.15, -0.1) is 0 Å². The molecular weight excluding hydrogens is 338 g/mol. The third-order valence-electron chi connectivity index (χ3n) is 3.92. The van der Waals surface area contributed by atoms with Gasteiger partial charge in [0.15, 0.2) is 5.16 Å². The maximum atomic E-state index is 12.5. The fourth-order valence-corrected chi connectivity index (χ4v) is 3.01. The number of aromatic amines is 1. The number of aliphatic hydroxyl groups excluding tert-OH is 1. The topological polar surface area (TPSA) is 86.3 Å². The molecule has 2 N–H and O–H groups in total. The quantitative estimate of drug-likeness (QED) is 0.553. The number of hydrogen-bond acceptors (Lipinski definition) is 5. The van der Waals surface area contributed by atoms with Crippen molar-refractivity contribution in [3.05, 3.63) is 57.5 Å². The number of thioether (sulfide) groups is 1. The molecule has 0 saturated carbocycles. The first-order chi connectivity index (χ1) is 12.0. The van der Waals surface area contributed by atoms with E-state index in [1.165, 1.54) is 11.8 Å². The van der Waals surface area contributed by atoms with E-state index in [4.69, 9.17) is 0 Å². The number of carbonyl (C=O) groups is 1. The van der Waals surface area contributed by atoms with Crippen LogP contribution in [0.2, 0.25) is 0 Å². The highest BCUT2D eigenvalue weighted by Gasteiger charge is 2.16. The Morgan fingerprint density at radius 1 is 1.32 bits per heavy atom. The van der Waals surface area contributed by atoms with Gasteiger partial charge >= 0.3 is 0 Å². The average Bonchev–Trinajstić information content (AvgIpc) is 2.61. The normalized spacial score (nSPS) is 10.7. The number of rotatable bonds is 8. The van der Waals surface area contributed by atoms with Gasteiger partial charge in [0.05, 0.1) is 6.61 Å². The van der Waals surface area contributed by atoms with Crippen LogP contribution in [-0.2, 0) is 17.8 Å². The van der Waals surface area contributed by atoms with Crippen molar-refractivity contribution in [2.24, 2.45) is 0 Å². The summed E-state index contributed by atoms with van der Waals surface area (Å²) in [5.41, 5.74) is 2.00. The molecule has 0 fully saturated rings. The predicted octanol–water partition coefficient (Wildman–Crippen LogP) is 1.75. The fraction of sp³-hybridized carbons (Fsp3) is 0.389. The monoisotopic (exact) mass is 361 g/mol. The predicted molar refractivity (Wildman–Crippen MR) is 98.6 cm³/mol. The second kappa shape index (κ2) is 9.39. The molecule has 6 nitrogen and oxygen atoms in total. The van der Waals surface area contributed by atoms with E-state index in [1.807, 2.05) is 36.6 Å². The second-order valence-electron chi connectivity index (χ2n) is 5.66. The molecule has 0 unspecified atom stereocenters. The number of hydrogen-bond donors (Lipinski definition) is 2. The fourth-order valence-electron chi connectivity index (χ4n) is 2.58. The van der Waals surface area contributed by atoms with Crippen LogP contribution in [0.3, 0.4) is 0 Å². The van der Waals surface area contributed by atoms with E-state index in [0.717, 1.165) is 5.56 Å². The van der Waals surface area contributed by atoms with Crippen LogP contribution in [0.25, 0.3) is 0 Å². The Hall–Kier alpha value is -2.12. The zero-order chi connectivity index (χ0) is 18.2. The number of nitrogens with zero attached hydrogens (tertiary/aromatic N) is 2. The second-order valence-corrected chi connectivity index (χ2v) is 6.46. The van der Waals surface area contributed by atoms with Crippen molar-refractivity contribution in [3.63, 3.8) is 0 Å². The van der Waals surface area contributed by atoms with Gasteiger partial charge in [0, 0.05) is 30.8 Å². The summed E-state index contributed by atoms with van der Waals surface area (Å²) in [5.74, 6) is -0.0920. The summed E-state index contributed by atoms with van der Waals surface area (Å²) in [6.07, 6.45) is 2.38. The lowest BCUT2D eigenvalue weighted by atomic mass is 10.1. The van der Waals surface area contributed by atoms with Crippen molar-refractivity contribution < 1.29 is 9.90 Å². The highest BCUT2D eigenvalue weighted by Crippen LogP contribution is 2.11. The molecule has 1 heterocycles. The van der Waals surface area contributed by atoms with Gasteiger partial charge in [0.25, 0.3) is 5.56 Å².